The molecule has 3 rings (SSSR count). The minimum Gasteiger partial charge on any atom is -0.497 e. The first-order valence-electron chi connectivity index (χ1n) is 7.05. The first-order valence-corrected chi connectivity index (χ1v) is 7.05. The topological polar surface area (TPSA) is 50.4 Å². The fourth-order valence-corrected chi connectivity index (χ4v) is 2.71. The van der Waals surface area contributed by atoms with E-state index in [1.54, 1.807) is 7.11 Å². The van der Waals surface area contributed by atoms with Gasteiger partial charge in [-0.2, -0.15) is 0 Å². The van der Waals surface area contributed by atoms with Crippen molar-refractivity contribution in [3.63, 3.8) is 0 Å². The van der Waals surface area contributed by atoms with E-state index in [0.717, 1.165) is 24.3 Å². The Morgan fingerprint density at radius 3 is 2.67 bits per heavy atom. The molecule has 1 aliphatic carbocycles. The van der Waals surface area contributed by atoms with Crippen LogP contribution in [-0.2, 0) is 6.42 Å². The molecule has 21 heavy (non-hydrogen) atoms. The van der Waals surface area contributed by atoms with Crippen molar-refractivity contribution in [1.29, 1.82) is 0 Å². The number of ether oxygens (including phenoxy) is 1. The number of amides is 2. The molecule has 2 aromatic rings. The molecule has 0 saturated carbocycles. The van der Waals surface area contributed by atoms with Crippen molar-refractivity contribution >= 4 is 11.7 Å². The first kappa shape index (κ1) is 13.5. The van der Waals surface area contributed by atoms with Crippen LogP contribution in [0.1, 0.15) is 23.6 Å². The van der Waals surface area contributed by atoms with E-state index in [9.17, 15) is 4.79 Å². The number of nitrogens with one attached hydrogen (secondary N) is 2. The zero-order valence-corrected chi connectivity index (χ0v) is 11.9. The van der Waals surface area contributed by atoms with Gasteiger partial charge in [0, 0.05) is 5.69 Å². The molecule has 0 spiro atoms. The molecule has 0 aliphatic heterocycles. The Kier molecular flexibility index (Phi) is 3.77. The van der Waals surface area contributed by atoms with Gasteiger partial charge in [-0.05, 0) is 48.2 Å². The molecule has 0 radical (unpaired) electrons. The van der Waals surface area contributed by atoms with E-state index in [-0.39, 0.29) is 12.1 Å². The third kappa shape index (κ3) is 2.99. The van der Waals surface area contributed by atoms with Crippen molar-refractivity contribution in [3.8, 4) is 5.75 Å². The van der Waals surface area contributed by atoms with Gasteiger partial charge in [0.2, 0.25) is 0 Å². The van der Waals surface area contributed by atoms with Crippen molar-refractivity contribution < 1.29 is 9.53 Å². The molecule has 0 bridgehead atoms. The van der Waals surface area contributed by atoms with Gasteiger partial charge in [-0.1, -0.05) is 24.3 Å². The maximum atomic E-state index is 12.1. The third-order valence-electron chi connectivity index (χ3n) is 3.79. The second kappa shape index (κ2) is 5.87. The Hall–Kier alpha value is -2.49. The van der Waals surface area contributed by atoms with Gasteiger partial charge in [0.25, 0.3) is 0 Å². The molecule has 0 fully saturated rings. The summed E-state index contributed by atoms with van der Waals surface area (Å²) in [6.45, 7) is 0. The number of fused-ring (bicyclic) bond motifs is 1. The van der Waals surface area contributed by atoms with E-state index in [1.165, 1.54) is 11.1 Å². The minimum absolute atomic E-state index is 0.0967. The van der Waals surface area contributed by atoms with Crippen LogP contribution in [0.15, 0.2) is 48.5 Å². The molecule has 1 unspecified atom stereocenters. The fourth-order valence-electron chi connectivity index (χ4n) is 2.71. The van der Waals surface area contributed by atoms with Crippen molar-refractivity contribution in [2.24, 2.45) is 0 Å². The molecule has 108 valence electrons. The van der Waals surface area contributed by atoms with Gasteiger partial charge in [-0.15, -0.1) is 0 Å². The van der Waals surface area contributed by atoms with Gasteiger partial charge in [0.05, 0.1) is 13.2 Å². The number of urea groups is 1. The van der Waals surface area contributed by atoms with Gasteiger partial charge < -0.3 is 15.4 Å². The third-order valence-corrected chi connectivity index (χ3v) is 3.79. The Balaban J connectivity index is 1.62. The Morgan fingerprint density at radius 2 is 1.90 bits per heavy atom. The minimum atomic E-state index is -0.179. The lowest BCUT2D eigenvalue weighted by Gasteiger charge is -2.15. The Morgan fingerprint density at radius 1 is 1.14 bits per heavy atom. The van der Waals surface area contributed by atoms with Crippen molar-refractivity contribution in [2.75, 3.05) is 12.4 Å². The highest BCUT2D eigenvalue weighted by Gasteiger charge is 2.23. The average molecular weight is 282 g/mol. The maximum absolute atomic E-state index is 12.1. The van der Waals surface area contributed by atoms with Gasteiger partial charge in [-0.3, -0.25) is 0 Å². The summed E-state index contributed by atoms with van der Waals surface area (Å²) < 4.78 is 5.09. The predicted octanol–water partition coefficient (Wildman–Crippen LogP) is 3.50. The zero-order chi connectivity index (χ0) is 14.7. The van der Waals surface area contributed by atoms with Crippen LogP contribution in [0.4, 0.5) is 10.5 Å². The summed E-state index contributed by atoms with van der Waals surface area (Å²) in [5.41, 5.74) is 3.30. The van der Waals surface area contributed by atoms with Crippen LogP contribution in [0.5, 0.6) is 5.75 Å². The molecule has 0 saturated heterocycles. The number of aryl methyl sites for hydroxylation is 1. The Labute approximate surface area is 124 Å². The molecule has 2 aromatic carbocycles. The highest BCUT2D eigenvalue weighted by atomic mass is 16.5. The number of carbonyl (C=O) groups excluding carboxylic acids is 1. The molecular formula is C17H18N2O2. The van der Waals surface area contributed by atoms with Crippen LogP contribution in [0, 0.1) is 0 Å². The van der Waals surface area contributed by atoms with E-state index >= 15 is 0 Å². The number of hydrogen-bond donors (Lipinski definition) is 2. The molecule has 0 heterocycles. The van der Waals surface area contributed by atoms with Gasteiger partial charge in [0.15, 0.2) is 0 Å². The van der Waals surface area contributed by atoms with Crippen LogP contribution in [0.2, 0.25) is 0 Å². The number of methoxy groups -OCH3 is 1. The van der Waals surface area contributed by atoms with Crippen molar-refractivity contribution in [2.45, 2.75) is 18.9 Å². The average Bonchev–Trinajstić information content (AvgIpc) is 2.91. The monoisotopic (exact) mass is 282 g/mol. The summed E-state index contributed by atoms with van der Waals surface area (Å²) in [5, 5.41) is 5.88. The molecule has 4 heteroatoms. The van der Waals surface area contributed by atoms with Gasteiger partial charge in [0.1, 0.15) is 5.75 Å². The highest BCUT2D eigenvalue weighted by Crippen LogP contribution is 2.30. The quantitative estimate of drug-likeness (QED) is 0.905. The lowest BCUT2D eigenvalue weighted by Crippen LogP contribution is -2.31. The summed E-state index contributed by atoms with van der Waals surface area (Å²) in [5.74, 6) is 0.769. The van der Waals surface area contributed by atoms with Crippen LogP contribution >= 0.6 is 0 Å². The van der Waals surface area contributed by atoms with Crippen molar-refractivity contribution in [3.05, 3.63) is 59.7 Å². The zero-order valence-electron chi connectivity index (χ0n) is 11.9. The van der Waals surface area contributed by atoms with Crippen LogP contribution < -0.4 is 15.4 Å². The molecule has 2 N–H and O–H groups in total. The summed E-state index contributed by atoms with van der Waals surface area (Å²) in [6.07, 6.45) is 1.97. The second-order valence-corrected chi connectivity index (χ2v) is 5.12. The van der Waals surface area contributed by atoms with Gasteiger partial charge in [-0.25, -0.2) is 4.79 Å². The number of anilines is 1. The van der Waals surface area contributed by atoms with E-state index in [1.807, 2.05) is 36.4 Å². The lowest BCUT2D eigenvalue weighted by atomic mass is 10.1. The summed E-state index contributed by atoms with van der Waals surface area (Å²) in [4.78, 5) is 12.1. The lowest BCUT2D eigenvalue weighted by molar-refractivity contribution is 0.248. The van der Waals surface area contributed by atoms with Crippen molar-refractivity contribution in [1.82, 2.24) is 5.32 Å². The molecule has 1 atom stereocenters. The standard InChI is InChI=1S/C17H18N2O2/c1-21-14-9-7-13(8-10-14)18-17(20)19-16-11-6-12-4-2-3-5-15(12)16/h2-5,7-10,16H,6,11H2,1H3,(H2,18,19,20). The molecule has 1 aliphatic rings. The second-order valence-electron chi connectivity index (χ2n) is 5.12. The van der Waals surface area contributed by atoms with E-state index in [2.05, 4.69) is 22.8 Å². The first-order chi connectivity index (χ1) is 10.3. The van der Waals surface area contributed by atoms with E-state index in [0.29, 0.717) is 0 Å². The molecule has 4 nitrogen and oxygen atoms in total. The number of rotatable bonds is 3. The van der Waals surface area contributed by atoms with Gasteiger partial charge >= 0.3 is 6.03 Å². The summed E-state index contributed by atoms with van der Waals surface area (Å²) in [7, 11) is 1.62. The van der Waals surface area contributed by atoms with Crippen LogP contribution in [0.25, 0.3) is 0 Å². The van der Waals surface area contributed by atoms with E-state index in [4.69, 9.17) is 4.74 Å². The van der Waals surface area contributed by atoms with Crippen LogP contribution in [0.3, 0.4) is 0 Å². The molecular weight excluding hydrogens is 264 g/mol. The smallest absolute Gasteiger partial charge is 0.319 e. The normalized spacial score (nSPS) is 16.1. The SMILES string of the molecule is COc1ccc(NC(=O)NC2CCc3ccccc32)cc1. The summed E-state index contributed by atoms with van der Waals surface area (Å²) >= 11 is 0. The maximum Gasteiger partial charge on any atom is 0.319 e. The van der Waals surface area contributed by atoms with Crippen LogP contribution in [-0.4, -0.2) is 13.1 Å². The summed E-state index contributed by atoms with van der Waals surface area (Å²) in [6, 6.07) is 15.5. The largest absolute Gasteiger partial charge is 0.497 e. The fraction of sp³-hybridized carbons (Fsp3) is 0.235. The Bertz CT molecular complexity index is 637. The predicted molar refractivity (Wildman–Crippen MR) is 82.7 cm³/mol. The number of carbonyl (C=O) groups is 1. The molecule has 0 aromatic heterocycles. The van der Waals surface area contributed by atoms with E-state index < -0.39 is 0 Å². The highest BCUT2D eigenvalue weighted by molar-refractivity contribution is 5.89. The molecule has 2 amide bonds. The number of benzene rings is 2. The number of hydrogen-bond acceptors (Lipinski definition) is 2.